The minimum absolute atomic E-state index is 0.0275. The molecule has 156 valence electrons. The third-order valence-electron chi connectivity index (χ3n) is 5.25. The van der Waals surface area contributed by atoms with Gasteiger partial charge in [-0.2, -0.15) is 4.98 Å². The number of nitrogen functional groups attached to an aromatic ring is 1. The Hall–Kier alpha value is -2.90. The summed E-state index contributed by atoms with van der Waals surface area (Å²) in [6.45, 7) is 5.49. The zero-order valence-corrected chi connectivity index (χ0v) is 17.3. The first-order valence-corrected chi connectivity index (χ1v) is 10.5. The molecule has 8 heteroatoms. The molecule has 1 amide bonds. The minimum Gasteiger partial charge on any atom is -0.369 e. The number of carbonyl (C=O) groups excluding carboxylic acids is 1. The molecule has 1 atom stereocenters. The summed E-state index contributed by atoms with van der Waals surface area (Å²) in [7, 11) is 0. The summed E-state index contributed by atoms with van der Waals surface area (Å²) >= 11 is 0. The zero-order chi connectivity index (χ0) is 20.8. The lowest BCUT2D eigenvalue weighted by molar-refractivity contribution is -0.697. The number of nitrogens with one attached hydrogen (secondary N) is 2. The number of fused-ring (bicyclic) bond motifs is 1. The van der Waals surface area contributed by atoms with Crippen LogP contribution in [0.3, 0.4) is 0 Å². The molecule has 0 radical (unpaired) electrons. The van der Waals surface area contributed by atoms with E-state index in [1.54, 1.807) is 6.07 Å². The number of nitrogens with zero attached hydrogens (tertiary/aromatic N) is 3. The van der Waals surface area contributed by atoms with Gasteiger partial charge in [0.15, 0.2) is 23.9 Å². The quantitative estimate of drug-likeness (QED) is 0.467. The zero-order valence-electron chi connectivity index (χ0n) is 17.3. The molecule has 0 aromatic carbocycles. The Morgan fingerprint density at radius 1 is 1.31 bits per heavy atom. The molecule has 8 nitrogen and oxygen atoms in total. The van der Waals surface area contributed by atoms with Crippen molar-refractivity contribution in [3.8, 4) is 0 Å². The summed E-state index contributed by atoms with van der Waals surface area (Å²) in [5, 5.41) is 3.08. The topological polar surface area (TPSA) is 108 Å². The van der Waals surface area contributed by atoms with Crippen LogP contribution in [0.1, 0.15) is 62.7 Å². The number of anilines is 3. The molecule has 2 aromatic heterocycles. The highest BCUT2D eigenvalue weighted by Gasteiger charge is 2.33. The van der Waals surface area contributed by atoms with Crippen LogP contribution in [-0.2, 0) is 6.54 Å². The van der Waals surface area contributed by atoms with Crippen molar-refractivity contribution in [1.82, 2.24) is 9.97 Å². The molecule has 1 aliphatic heterocycles. The highest BCUT2D eigenvalue weighted by Crippen LogP contribution is 2.27. The van der Waals surface area contributed by atoms with E-state index in [0.717, 1.165) is 13.0 Å². The van der Waals surface area contributed by atoms with Crippen molar-refractivity contribution in [2.75, 3.05) is 22.5 Å². The third kappa shape index (κ3) is 4.93. The van der Waals surface area contributed by atoms with Gasteiger partial charge in [-0.15, -0.1) is 0 Å². The first-order chi connectivity index (χ1) is 14.0. The van der Waals surface area contributed by atoms with Crippen LogP contribution in [0.25, 0.3) is 0 Å². The summed E-state index contributed by atoms with van der Waals surface area (Å²) in [4.78, 5) is 33.9. The maximum Gasteiger partial charge on any atom is 0.278 e. The summed E-state index contributed by atoms with van der Waals surface area (Å²) in [6.07, 6.45) is 11.2. The molecule has 0 fully saturated rings. The number of hydrogen-bond acceptors (Lipinski definition) is 5. The van der Waals surface area contributed by atoms with E-state index in [9.17, 15) is 9.59 Å². The minimum atomic E-state index is -0.421. The first kappa shape index (κ1) is 20.8. The van der Waals surface area contributed by atoms with E-state index in [-0.39, 0.29) is 23.6 Å². The van der Waals surface area contributed by atoms with Crippen LogP contribution in [0.4, 0.5) is 17.5 Å². The SMILES string of the molecule is CCCCCCCC[n+]1cccc(C(=O)N2c3c(nc(N)[nH]c3=O)NCC2C)c1. The maximum absolute atomic E-state index is 13.3. The van der Waals surface area contributed by atoms with E-state index in [2.05, 4.69) is 22.2 Å². The second kappa shape index (κ2) is 9.54. The first-order valence-electron chi connectivity index (χ1n) is 10.5. The fraction of sp³-hybridized carbons (Fsp3) is 0.524. The molecular formula is C21H31N6O2+. The maximum atomic E-state index is 13.3. The van der Waals surface area contributed by atoms with Crippen molar-refractivity contribution < 1.29 is 9.36 Å². The fourth-order valence-electron chi connectivity index (χ4n) is 3.69. The van der Waals surface area contributed by atoms with Crippen molar-refractivity contribution in [2.45, 2.75) is 65.0 Å². The second-order valence-corrected chi connectivity index (χ2v) is 7.65. The van der Waals surface area contributed by atoms with E-state index < -0.39 is 5.56 Å². The summed E-state index contributed by atoms with van der Waals surface area (Å²) in [5.41, 5.74) is 5.99. The van der Waals surface area contributed by atoms with E-state index in [4.69, 9.17) is 5.73 Å². The van der Waals surface area contributed by atoms with Crippen molar-refractivity contribution >= 4 is 23.4 Å². The average Bonchev–Trinajstić information content (AvgIpc) is 2.70. The number of carbonyl (C=O) groups is 1. The molecule has 1 unspecified atom stereocenters. The van der Waals surface area contributed by atoms with E-state index in [0.29, 0.717) is 17.9 Å². The van der Waals surface area contributed by atoms with Crippen LogP contribution in [0.15, 0.2) is 29.3 Å². The lowest BCUT2D eigenvalue weighted by Crippen LogP contribution is -2.49. The number of unbranched alkanes of at least 4 members (excludes halogenated alkanes) is 5. The number of hydrogen-bond donors (Lipinski definition) is 3. The lowest BCUT2D eigenvalue weighted by atomic mass is 10.1. The third-order valence-corrected chi connectivity index (χ3v) is 5.25. The summed E-state index contributed by atoms with van der Waals surface area (Å²) < 4.78 is 2.05. The van der Waals surface area contributed by atoms with Gasteiger partial charge in [-0.3, -0.25) is 19.5 Å². The van der Waals surface area contributed by atoms with Crippen LogP contribution in [0, 0.1) is 0 Å². The molecule has 0 saturated heterocycles. The van der Waals surface area contributed by atoms with Gasteiger partial charge < -0.3 is 11.1 Å². The Morgan fingerprint density at radius 3 is 2.86 bits per heavy atom. The number of H-pyrrole nitrogens is 1. The summed E-state index contributed by atoms with van der Waals surface area (Å²) in [5.74, 6) is 0.155. The van der Waals surface area contributed by atoms with Crippen molar-refractivity contribution in [2.24, 2.45) is 0 Å². The van der Waals surface area contributed by atoms with Crippen LogP contribution in [0.5, 0.6) is 0 Å². The Kier molecular flexibility index (Phi) is 6.85. The van der Waals surface area contributed by atoms with Gasteiger partial charge in [0.05, 0.1) is 6.04 Å². The van der Waals surface area contributed by atoms with Crippen LogP contribution in [-0.4, -0.2) is 28.5 Å². The Labute approximate surface area is 171 Å². The highest BCUT2D eigenvalue weighted by molar-refractivity contribution is 6.08. The van der Waals surface area contributed by atoms with Gasteiger partial charge in [0.1, 0.15) is 12.1 Å². The van der Waals surface area contributed by atoms with Crippen molar-refractivity contribution in [3.63, 3.8) is 0 Å². The number of aromatic nitrogens is 3. The second-order valence-electron chi connectivity index (χ2n) is 7.65. The van der Waals surface area contributed by atoms with Gasteiger partial charge >= 0.3 is 0 Å². The smallest absolute Gasteiger partial charge is 0.278 e. The molecule has 0 spiro atoms. The molecule has 29 heavy (non-hydrogen) atoms. The Balaban J connectivity index is 1.75. The Bertz CT molecular complexity index is 910. The molecule has 3 heterocycles. The van der Waals surface area contributed by atoms with Gasteiger partial charge in [0.25, 0.3) is 11.5 Å². The van der Waals surface area contributed by atoms with E-state index in [1.165, 1.54) is 37.0 Å². The molecule has 0 saturated carbocycles. The van der Waals surface area contributed by atoms with Gasteiger partial charge in [-0.25, -0.2) is 4.57 Å². The fourth-order valence-corrected chi connectivity index (χ4v) is 3.69. The Morgan fingerprint density at radius 2 is 2.07 bits per heavy atom. The normalized spacial score (nSPS) is 15.7. The number of amides is 1. The van der Waals surface area contributed by atoms with Gasteiger partial charge in [-0.1, -0.05) is 32.6 Å². The predicted octanol–water partition coefficient (Wildman–Crippen LogP) is 2.46. The van der Waals surface area contributed by atoms with Gasteiger partial charge in [0, 0.05) is 19.0 Å². The molecule has 4 N–H and O–H groups in total. The number of rotatable bonds is 8. The molecular weight excluding hydrogens is 368 g/mol. The average molecular weight is 400 g/mol. The van der Waals surface area contributed by atoms with Gasteiger partial charge in [0.2, 0.25) is 5.95 Å². The van der Waals surface area contributed by atoms with Crippen LogP contribution >= 0.6 is 0 Å². The van der Waals surface area contributed by atoms with Crippen LogP contribution in [0.2, 0.25) is 0 Å². The lowest BCUT2D eigenvalue weighted by Gasteiger charge is -2.34. The van der Waals surface area contributed by atoms with Crippen LogP contribution < -0.4 is 26.1 Å². The molecule has 1 aliphatic rings. The molecule has 2 aromatic rings. The summed E-state index contributed by atoms with van der Waals surface area (Å²) in [6, 6.07) is 3.48. The van der Waals surface area contributed by atoms with Crippen molar-refractivity contribution in [3.05, 3.63) is 40.4 Å². The monoisotopic (exact) mass is 399 g/mol. The molecule has 0 bridgehead atoms. The standard InChI is InChI=1S/C21H30N6O2/c1-3-4-5-6-7-8-11-26-12-9-10-16(14-26)20(29)27-15(2)13-23-18-17(27)19(28)25-21(22)24-18/h9-10,12,14-15H,3-8,11,13H2,1-2H3,(H3-,22,23,24,25,28)/p+1. The number of pyridine rings is 1. The highest BCUT2D eigenvalue weighted by atomic mass is 16.2. The predicted molar refractivity (Wildman–Crippen MR) is 114 cm³/mol. The van der Waals surface area contributed by atoms with Gasteiger partial charge in [-0.05, 0) is 19.4 Å². The van der Waals surface area contributed by atoms with Crippen molar-refractivity contribution in [1.29, 1.82) is 0 Å². The number of aryl methyl sites for hydroxylation is 1. The van der Waals surface area contributed by atoms with E-state index >= 15 is 0 Å². The van der Waals surface area contributed by atoms with E-state index in [1.807, 2.05) is 30.0 Å². The molecule has 3 rings (SSSR count). The largest absolute Gasteiger partial charge is 0.369 e. The molecule has 0 aliphatic carbocycles. The number of nitrogens with two attached hydrogens (primary N) is 1. The number of aromatic amines is 1.